The first kappa shape index (κ1) is 16.8. The third-order valence-corrected chi connectivity index (χ3v) is 7.85. The van der Waals surface area contributed by atoms with Gasteiger partial charge in [-0.15, -0.1) is 0 Å². The van der Waals surface area contributed by atoms with E-state index in [2.05, 4.69) is 26.8 Å². The smallest absolute Gasteiger partial charge is 0.219 e. The zero-order chi connectivity index (χ0) is 18.1. The van der Waals surface area contributed by atoms with Gasteiger partial charge in [0, 0.05) is 11.3 Å². The highest BCUT2D eigenvalue weighted by molar-refractivity contribution is 6.04. The van der Waals surface area contributed by atoms with Crippen LogP contribution >= 0.6 is 0 Å². The van der Waals surface area contributed by atoms with Crippen LogP contribution in [0.1, 0.15) is 53.4 Å². The van der Waals surface area contributed by atoms with E-state index in [0.29, 0.717) is 23.5 Å². The van der Waals surface area contributed by atoms with Gasteiger partial charge in [0.25, 0.3) is 0 Å². The van der Waals surface area contributed by atoms with E-state index in [-0.39, 0.29) is 28.3 Å². The number of hydrogen-bond donors (Lipinski definition) is 1. The lowest BCUT2D eigenvalue weighted by Gasteiger charge is -2.54. The summed E-state index contributed by atoms with van der Waals surface area (Å²) in [6.45, 7) is 8.40. The molecule has 3 heteroatoms. The Labute approximate surface area is 149 Å². The molecule has 1 N–H and O–H groups in total. The van der Waals surface area contributed by atoms with E-state index in [1.807, 2.05) is 0 Å². The van der Waals surface area contributed by atoms with Gasteiger partial charge < -0.3 is 5.11 Å². The average Bonchev–Trinajstić information content (AvgIpc) is 2.88. The average molecular weight is 340 g/mol. The van der Waals surface area contributed by atoms with Crippen LogP contribution in [0.4, 0.5) is 0 Å². The van der Waals surface area contributed by atoms with Gasteiger partial charge in [-0.2, -0.15) is 0 Å². The summed E-state index contributed by atoms with van der Waals surface area (Å²) in [7, 11) is 0. The molecule has 0 aromatic rings. The Morgan fingerprint density at radius 1 is 1.24 bits per heavy atom. The van der Waals surface area contributed by atoms with Crippen molar-refractivity contribution in [3.05, 3.63) is 35.1 Å². The molecule has 0 aromatic carbocycles. The first-order valence-corrected chi connectivity index (χ1v) is 9.57. The molecular weight excluding hydrogens is 312 g/mol. The summed E-state index contributed by atoms with van der Waals surface area (Å²) in [5, 5.41) is 10.1. The van der Waals surface area contributed by atoms with Gasteiger partial charge in [-0.05, 0) is 80.4 Å². The second-order valence-electron chi connectivity index (χ2n) is 9.16. The summed E-state index contributed by atoms with van der Waals surface area (Å²) in [6, 6.07) is 0. The standard InChI is InChI=1S/C22H28O3/c1-12-9-14-16-6-5-15(13(2)23)21(16,3)8-7-17(14)22(4)11-20(25)19(24)10-18(12)22/h7,10-12,14-16,25H,5-6,8-9H2,1-4H3/t12-,14-,15+,16-,21+,22+/m0/s1. The normalized spacial score (nSPS) is 45.6. The summed E-state index contributed by atoms with van der Waals surface area (Å²) >= 11 is 0. The molecule has 6 atom stereocenters. The van der Waals surface area contributed by atoms with Crippen LogP contribution in [0.2, 0.25) is 0 Å². The third-order valence-electron chi connectivity index (χ3n) is 7.85. The van der Waals surface area contributed by atoms with Gasteiger partial charge >= 0.3 is 0 Å². The molecule has 0 unspecified atom stereocenters. The van der Waals surface area contributed by atoms with Crippen molar-refractivity contribution >= 4 is 11.6 Å². The Balaban J connectivity index is 1.81. The molecule has 0 heterocycles. The number of aliphatic hydroxyl groups excluding tert-OH is 1. The number of hydrogen-bond acceptors (Lipinski definition) is 3. The largest absolute Gasteiger partial charge is 0.504 e. The SMILES string of the molecule is CC(=O)[C@H]1CC[C@H]2[C@@H]3C[C@H](C)C4=CC(=O)C(O)=C[C@]4(C)C3=CC[C@]12C. The third kappa shape index (κ3) is 2.10. The number of ketones is 2. The summed E-state index contributed by atoms with van der Waals surface area (Å²) in [5.74, 6) is 1.40. The molecule has 0 spiro atoms. The van der Waals surface area contributed by atoms with Gasteiger partial charge in [0.2, 0.25) is 5.78 Å². The monoisotopic (exact) mass is 340 g/mol. The lowest BCUT2D eigenvalue weighted by molar-refractivity contribution is -0.124. The molecule has 0 aliphatic heterocycles. The van der Waals surface area contributed by atoms with Crippen LogP contribution in [-0.2, 0) is 9.59 Å². The van der Waals surface area contributed by atoms with Crippen molar-refractivity contribution in [2.45, 2.75) is 53.4 Å². The van der Waals surface area contributed by atoms with Crippen LogP contribution in [0.3, 0.4) is 0 Å². The number of rotatable bonds is 1. The van der Waals surface area contributed by atoms with Crippen molar-refractivity contribution in [1.29, 1.82) is 0 Å². The number of allylic oxidation sites excluding steroid dienone is 5. The molecule has 3 nitrogen and oxygen atoms in total. The lowest BCUT2D eigenvalue weighted by atomic mass is 9.50. The molecule has 0 radical (unpaired) electrons. The Morgan fingerprint density at radius 3 is 2.64 bits per heavy atom. The highest BCUT2D eigenvalue weighted by atomic mass is 16.3. The van der Waals surface area contributed by atoms with Gasteiger partial charge in [-0.1, -0.05) is 25.5 Å². The maximum Gasteiger partial charge on any atom is 0.219 e. The Kier molecular flexibility index (Phi) is 3.49. The first-order valence-electron chi connectivity index (χ1n) is 9.57. The molecule has 4 aliphatic carbocycles. The van der Waals surface area contributed by atoms with Crippen LogP contribution < -0.4 is 0 Å². The molecular formula is C22H28O3. The molecule has 4 rings (SSSR count). The van der Waals surface area contributed by atoms with E-state index >= 15 is 0 Å². The van der Waals surface area contributed by atoms with E-state index in [1.165, 1.54) is 5.57 Å². The van der Waals surface area contributed by atoms with Crippen LogP contribution in [0, 0.1) is 34.5 Å². The summed E-state index contributed by atoms with van der Waals surface area (Å²) in [6.07, 6.45) is 9.85. The highest BCUT2D eigenvalue weighted by Gasteiger charge is 2.57. The Hall–Kier alpha value is -1.64. The molecule has 0 saturated heterocycles. The minimum atomic E-state index is -0.351. The maximum absolute atomic E-state index is 12.2. The lowest BCUT2D eigenvalue weighted by Crippen LogP contribution is -2.46. The van der Waals surface area contributed by atoms with Crippen molar-refractivity contribution in [2.24, 2.45) is 34.5 Å². The minimum Gasteiger partial charge on any atom is -0.504 e. The van der Waals surface area contributed by atoms with Crippen LogP contribution in [0.5, 0.6) is 0 Å². The second kappa shape index (κ2) is 5.18. The van der Waals surface area contributed by atoms with Gasteiger partial charge in [0.15, 0.2) is 5.76 Å². The number of Topliss-reactive ketones (excluding diaryl/α,β-unsaturated/α-hetero) is 1. The number of fused-ring (bicyclic) bond motifs is 5. The second-order valence-corrected chi connectivity index (χ2v) is 9.16. The summed E-state index contributed by atoms with van der Waals surface area (Å²) in [5.41, 5.74) is 2.22. The van der Waals surface area contributed by atoms with Crippen LogP contribution in [0.15, 0.2) is 35.1 Å². The molecule has 0 bridgehead atoms. The minimum absolute atomic E-state index is 0.0630. The maximum atomic E-state index is 12.2. The fourth-order valence-corrected chi connectivity index (χ4v) is 6.68. The fourth-order valence-electron chi connectivity index (χ4n) is 6.68. The van der Waals surface area contributed by atoms with Crippen molar-refractivity contribution in [3.8, 4) is 0 Å². The van der Waals surface area contributed by atoms with E-state index in [9.17, 15) is 14.7 Å². The van der Waals surface area contributed by atoms with Crippen molar-refractivity contribution in [2.75, 3.05) is 0 Å². The quantitative estimate of drug-likeness (QED) is 0.712. The van der Waals surface area contributed by atoms with E-state index in [1.54, 1.807) is 19.1 Å². The molecule has 0 aromatic heterocycles. The molecule has 25 heavy (non-hydrogen) atoms. The van der Waals surface area contributed by atoms with Crippen molar-refractivity contribution in [1.82, 2.24) is 0 Å². The fraction of sp³-hybridized carbons (Fsp3) is 0.636. The topological polar surface area (TPSA) is 54.4 Å². The van der Waals surface area contributed by atoms with E-state index < -0.39 is 0 Å². The number of carbonyl (C=O) groups is 2. The van der Waals surface area contributed by atoms with E-state index in [0.717, 1.165) is 31.3 Å². The predicted molar refractivity (Wildman–Crippen MR) is 96.9 cm³/mol. The van der Waals surface area contributed by atoms with Gasteiger partial charge in [-0.25, -0.2) is 0 Å². The Morgan fingerprint density at radius 2 is 1.96 bits per heavy atom. The zero-order valence-corrected chi connectivity index (χ0v) is 15.6. The van der Waals surface area contributed by atoms with Gasteiger partial charge in [-0.3, -0.25) is 9.59 Å². The van der Waals surface area contributed by atoms with Crippen molar-refractivity contribution in [3.63, 3.8) is 0 Å². The van der Waals surface area contributed by atoms with E-state index in [4.69, 9.17) is 0 Å². The van der Waals surface area contributed by atoms with Crippen LogP contribution in [0.25, 0.3) is 0 Å². The molecule has 4 aliphatic rings. The van der Waals surface area contributed by atoms with Crippen LogP contribution in [-0.4, -0.2) is 16.7 Å². The van der Waals surface area contributed by atoms with Crippen molar-refractivity contribution < 1.29 is 14.7 Å². The summed E-state index contributed by atoms with van der Waals surface area (Å²) in [4.78, 5) is 24.2. The number of carbonyl (C=O) groups excluding carboxylic acids is 2. The molecule has 0 amide bonds. The first-order chi connectivity index (χ1) is 11.7. The summed E-state index contributed by atoms with van der Waals surface area (Å²) < 4.78 is 0. The zero-order valence-electron chi connectivity index (χ0n) is 15.6. The highest BCUT2D eigenvalue weighted by Crippen LogP contribution is 2.64. The predicted octanol–water partition coefficient (Wildman–Crippen LogP) is 4.55. The molecule has 134 valence electrons. The molecule has 2 saturated carbocycles. The molecule has 2 fully saturated rings. The Bertz CT molecular complexity index is 755. The van der Waals surface area contributed by atoms with Gasteiger partial charge in [0.05, 0.1) is 0 Å². The number of aliphatic hydroxyl groups is 1. The van der Waals surface area contributed by atoms with Gasteiger partial charge in [0.1, 0.15) is 5.78 Å².